The van der Waals surface area contributed by atoms with Crippen molar-refractivity contribution >= 4 is 12.0 Å². The minimum absolute atomic E-state index is 0.0121. The van der Waals surface area contributed by atoms with E-state index in [1.54, 1.807) is 30.3 Å². The molecular weight excluding hydrogens is 268 g/mol. The number of carboxylic acids is 1. The molecule has 2 aromatic carbocycles. The van der Waals surface area contributed by atoms with Crippen LogP contribution in [-0.4, -0.2) is 16.2 Å². The molecule has 0 aromatic heterocycles. The predicted molar refractivity (Wildman–Crippen MR) is 79.8 cm³/mol. The fourth-order valence-corrected chi connectivity index (χ4v) is 1.81. The Kier molecular flexibility index (Phi) is 5.12. The van der Waals surface area contributed by atoms with Crippen LogP contribution in [0.5, 0.6) is 5.75 Å². The number of hydrogen-bond donors (Lipinski definition) is 2. The molecule has 0 unspecified atom stereocenters. The second-order valence-corrected chi connectivity index (χ2v) is 4.51. The first-order valence-electron chi connectivity index (χ1n) is 6.50. The second-order valence-electron chi connectivity index (χ2n) is 4.51. The van der Waals surface area contributed by atoms with E-state index in [0.717, 1.165) is 28.5 Å². The SMILES string of the molecule is O=C(O)C=Cc1cccc(COc2ccc(CO)cc2)c1. The maximum Gasteiger partial charge on any atom is 0.328 e. The zero-order chi connectivity index (χ0) is 15.1. The minimum atomic E-state index is -0.972. The second kappa shape index (κ2) is 7.26. The third kappa shape index (κ3) is 4.78. The summed E-state index contributed by atoms with van der Waals surface area (Å²) in [7, 11) is 0. The number of aliphatic hydroxyl groups excluding tert-OH is 1. The van der Waals surface area contributed by atoms with Gasteiger partial charge in [0.1, 0.15) is 12.4 Å². The average Bonchev–Trinajstić information content (AvgIpc) is 2.52. The third-order valence-corrected chi connectivity index (χ3v) is 2.88. The first-order valence-corrected chi connectivity index (χ1v) is 6.50. The lowest BCUT2D eigenvalue weighted by atomic mass is 10.1. The van der Waals surface area contributed by atoms with Crippen LogP contribution in [0.3, 0.4) is 0 Å². The Morgan fingerprint density at radius 2 is 1.86 bits per heavy atom. The van der Waals surface area contributed by atoms with Crippen molar-refractivity contribution < 1.29 is 19.7 Å². The molecule has 2 N–H and O–H groups in total. The molecule has 2 aromatic rings. The van der Waals surface area contributed by atoms with E-state index in [4.69, 9.17) is 14.9 Å². The third-order valence-electron chi connectivity index (χ3n) is 2.88. The van der Waals surface area contributed by atoms with Crippen molar-refractivity contribution in [2.75, 3.05) is 0 Å². The first-order chi connectivity index (χ1) is 10.2. The molecule has 4 heteroatoms. The summed E-state index contributed by atoms with van der Waals surface area (Å²) < 4.78 is 5.65. The molecular formula is C17H16O4. The van der Waals surface area contributed by atoms with Crippen LogP contribution in [0.4, 0.5) is 0 Å². The van der Waals surface area contributed by atoms with Crippen LogP contribution in [-0.2, 0) is 18.0 Å². The van der Waals surface area contributed by atoms with E-state index in [1.165, 1.54) is 0 Å². The number of carboxylic acid groups (broad SMARTS) is 1. The molecule has 0 heterocycles. The van der Waals surface area contributed by atoms with E-state index in [2.05, 4.69) is 0 Å². The zero-order valence-electron chi connectivity index (χ0n) is 11.4. The summed E-state index contributed by atoms with van der Waals surface area (Å²) in [5, 5.41) is 17.6. The highest BCUT2D eigenvalue weighted by Gasteiger charge is 1.98. The lowest BCUT2D eigenvalue weighted by Crippen LogP contribution is -1.96. The molecule has 0 saturated heterocycles. The van der Waals surface area contributed by atoms with Gasteiger partial charge in [0.25, 0.3) is 0 Å². The molecule has 0 fully saturated rings. The van der Waals surface area contributed by atoms with Crippen molar-refractivity contribution in [1.29, 1.82) is 0 Å². The summed E-state index contributed by atoms with van der Waals surface area (Å²) in [6.07, 6.45) is 2.65. The summed E-state index contributed by atoms with van der Waals surface area (Å²) >= 11 is 0. The topological polar surface area (TPSA) is 66.8 Å². The quantitative estimate of drug-likeness (QED) is 0.800. The van der Waals surface area contributed by atoms with Crippen molar-refractivity contribution in [3.8, 4) is 5.75 Å². The monoisotopic (exact) mass is 284 g/mol. The van der Waals surface area contributed by atoms with Gasteiger partial charge in [-0.3, -0.25) is 0 Å². The zero-order valence-corrected chi connectivity index (χ0v) is 11.4. The Morgan fingerprint density at radius 1 is 1.10 bits per heavy atom. The molecule has 21 heavy (non-hydrogen) atoms. The van der Waals surface area contributed by atoms with Crippen molar-refractivity contribution in [2.45, 2.75) is 13.2 Å². The molecule has 0 amide bonds. The van der Waals surface area contributed by atoms with E-state index in [9.17, 15) is 4.79 Å². The van der Waals surface area contributed by atoms with Gasteiger partial charge in [-0.1, -0.05) is 30.3 Å². The molecule has 2 rings (SSSR count). The molecule has 0 aliphatic heterocycles. The Balaban J connectivity index is 1.99. The maximum absolute atomic E-state index is 10.5. The van der Waals surface area contributed by atoms with E-state index in [0.29, 0.717) is 6.61 Å². The highest BCUT2D eigenvalue weighted by Crippen LogP contribution is 2.15. The highest BCUT2D eigenvalue weighted by molar-refractivity contribution is 5.85. The van der Waals surface area contributed by atoms with E-state index < -0.39 is 5.97 Å². The van der Waals surface area contributed by atoms with Gasteiger partial charge in [0, 0.05) is 6.08 Å². The predicted octanol–water partition coefficient (Wildman–Crippen LogP) is 2.86. The lowest BCUT2D eigenvalue weighted by Gasteiger charge is -2.07. The fraction of sp³-hybridized carbons (Fsp3) is 0.118. The molecule has 4 nitrogen and oxygen atoms in total. The van der Waals surface area contributed by atoms with Crippen LogP contribution in [0.15, 0.2) is 54.6 Å². The number of rotatable bonds is 6. The molecule has 0 bridgehead atoms. The largest absolute Gasteiger partial charge is 0.489 e. The van der Waals surface area contributed by atoms with Crippen molar-refractivity contribution in [3.05, 3.63) is 71.3 Å². The van der Waals surface area contributed by atoms with Crippen LogP contribution in [0.2, 0.25) is 0 Å². The molecule has 108 valence electrons. The Hall–Kier alpha value is -2.59. The Morgan fingerprint density at radius 3 is 2.52 bits per heavy atom. The summed E-state index contributed by atoms with van der Waals surface area (Å²) in [6, 6.07) is 14.7. The van der Waals surface area contributed by atoms with Gasteiger partial charge in [0.05, 0.1) is 6.61 Å². The number of benzene rings is 2. The number of aliphatic carboxylic acids is 1. The Labute approximate surface area is 122 Å². The fourth-order valence-electron chi connectivity index (χ4n) is 1.81. The van der Waals surface area contributed by atoms with Crippen LogP contribution in [0.25, 0.3) is 6.08 Å². The van der Waals surface area contributed by atoms with E-state index >= 15 is 0 Å². The number of aliphatic hydroxyl groups is 1. The Bertz CT molecular complexity index is 629. The first kappa shape index (κ1) is 14.8. The average molecular weight is 284 g/mol. The molecule has 0 saturated carbocycles. The van der Waals surface area contributed by atoms with Crippen LogP contribution in [0.1, 0.15) is 16.7 Å². The van der Waals surface area contributed by atoms with E-state index in [1.807, 2.05) is 24.3 Å². The van der Waals surface area contributed by atoms with Gasteiger partial charge in [0.2, 0.25) is 0 Å². The van der Waals surface area contributed by atoms with Crippen LogP contribution >= 0.6 is 0 Å². The molecule has 0 radical (unpaired) electrons. The van der Waals surface area contributed by atoms with Gasteiger partial charge >= 0.3 is 5.97 Å². The maximum atomic E-state index is 10.5. The van der Waals surface area contributed by atoms with Crippen molar-refractivity contribution in [1.82, 2.24) is 0 Å². The normalized spacial score (nSPS) is 10.7. The van der Waals surface area contributed by atoms with E-state index in [-0.39, 0.29) is 6.61 Å². The van der Waals surface area contributed by atoms with Crippen molar-refractivity contribution in [2.24, 2.45) is 0 Å². The number of carbonyl (C=O) groups is 1. The molecule has 0 aliphatic rings. The summed E-state index contributed by atoms with van der Waals surface area (Å²) in [6.45, 7) is 0.408. The van der Waals surface area contributed by atoms with Crippen LogP contribution in [0, 0.1) is 0 Å². The number of hydrogen-bond acceptors (Lipinski definition) is 3. The minimum Gasteiger partial charge on any atom is -0.489 e. The number of ether oxygens (including phenoxy) is 1. The van der Waals surface area contributed by atoms with Gasteiger partial charge in [-0.25, -0.2) is 4.79 Å². The van der Waals surface area contributed by atoms with Crippen LogP contribution < -0.4 is 4.74 Å². The molecule has 0 aliphatic carbocycles. The lowest BCUT2D eigenvalue weighted by molar-refractivity contribution is -0.131. The van der Waals surface area contributed by atoms with Crippen molar-refractivity contribution in [3.63, 3.8) is 0 Å². The van der Waals surface area contributed by atoms with Gasteiger partial charge in [0.15, 0.2) is 0 Å². The summed E-state index contributed by atoms with van der Waals surface area (Å²) in [5.41, 5.74) is 2.60. The summed E-state index contributed by atoms with van der Waals surface area (Å²) in [4.78, 5) is 10.5. The van der Waals surface area contributed by atoms with Gasteiger partial charge in [-0.2, -0.15) is 0 Å². The molecule has 0 atom stereocenters. The smallest absolute Gasteiger partial charge is 0.328 e. The standard InChI is InChI=1S/C17H16O4/c18-11-14-4-7-16(8-5-14)21-12-15-3-1-2-13(10-15)6-9-17(19)20/h1-10,18H,11-12H2,(H,19,20). The van der Waals surface area contributed by atoms with Gasteiger partial charge in [-0.15, -0.1) is 0 Å². The summed E-state index contributed by atoms with van der Waals surface area (Å²) in [5.74, 6) is -0.251. The highest BCUT2D eigenvalue weighted by atomic mass is 16.5. The van der Waals surface area contributed by atoms with Gasteiger partial charge in [-0.05, 0) is 41.0 Å². The van der Waals surface area contributed by atoms with Gasteiger partial charge < -0.3 is 14.9 Å². The molecule has 0 spiro atoms.